The molecule has 110 valence electrons. The van der Waals surface area contributed by atoms with Crippen LogP contribution in [0.25, 0.3) is 10.6 Å². The summed E-state index contributed by atoms with van der Waals surface area (Å²) in [6.45, 7) is 6.86. The predicted molar refractivity (Wildman–Crippen MR) is 83.0 cm³/mol. The molecule has 21 heavy (non-hydrogen) atoms. The third-order valence-electron chi connectivity index (χ3n) is 3.26. The highest BCUT2D eigenvalue weighted by Crippen LogP contribution is 2.30. The van der Waals surface area contributed by atoms with Crippen molar-refractivity contribution in [1.29, 1.82) is 0 Å². The van der Waals surface area contributed by atoms with Crippen LogP contribution in [0.3, 0.4) is 0 Å². The van der Waals surface area contributed by atoms with Crippen molar-refractivity contribution >= 4 is 17.4 Å². The van der Waals surface area contributed by atoms with Gasteiger partial charge in [-0.25, -0.2) is 9.78 Å². The molecule has 1 aromatic heterocycles. The van der Waals surface area contributed by atoms with Crippen molar-refractivity contribution < 1.29 is 9.53 Å². The molecule has 5 heteroatoms. The number of carbonyl (C=O) groups is 1. The van der Waals surface area contributed by atoms with Crippen molar-refractivity contribution in [2.24, 2.45) is 0 Å². The minimum absolute atomic E-state index is 0.255. The number of benzene rings is 1. The van der Waals surface area contributed by atoms with Crippen LogP contribution in [0.15, 0.2) is 29.8 Å². The van der Waals surface area contributed by atoms with Gasteiger partial charge in [-0.2, -0.15) is 0 Å². The second kappa shape index (κ2) is 5.15. The number of aromatic nitrogens is 1. The van der Waals surface area contributed by atoms with Crippen LogP contribution in [0.5, 0.6) is 0 Å². The molecule has 0 spiro atoms. The predicted octanol–water partition coefficient (Wildman–Crippen LogP) is 4.06. The van der Waals surface area contributed by atoms with Crippen molar-refractivity contribution in [2.75, 3.05) is 0 Å². The first-order chi connectivity index (χ1) is 9.92. The number of carbonyl (C=O) groups excluding carboxylic acids is 1. The van der Waals surface area contributed by atoms with E-state index in [2.05, 4.69) is 23.2 Å². The monoisotopic (exact) mass is 302 g/mol. The molecule has 1 aromatic carbocycles. The Morgan fingerprint density at radius 1 is 1.29 bits per heavy atom. The molecule has 1 amide bonds. The fourth-order valence-electron chi connectivity index (χ4n) is 2.35. The van der Waals surface area contributed by atoms with Gasteiger partial charge in [0.2, 0.25) is 0 Å². The Balaban J connectivity index is 1.77. The first-order valence-electron chi connectivity index (χ1n) is 6.92. The zero-order valence-electron chi connectivity index (χ0n) is 12.4. The Morgan fingerprint density at radius 3 is 2.71 bits per heavy atom. The van der Waals surface area contributed by atoms with Gasteiger partial charge >= 0.3 is 6.09 Å². The van der Waals surface area contributed by atoms with E-state index in [-0.39, 0.29) is 6.09 Å². The summed E-state index contributed by atoms with van der Waals surface area (Å²) < 4.78 is 5.43. The smallest absolute Gasteiger partial charge is 0.410 e. The average Bonchev–Trinajstić information content (AvgIpc) is 3.05. The van der Waals surface area contributed by atoms with Gasteiger partial charge in [0.05, 0.1) is 0 Å². The number of amides is 1. The number of fused-ring (bicyclic) bond motifs is 1. The summed E-state index contributed by atoms with van der Waals surface area (Å²) in [6.07, 6.45) is 1.55. The zero-order chi connectivity index (χ0) is 15.0. The second-order valence-corrected chi connectivity index (χ2v) is 7.05. The first kappa shape index (κ1) is 14.1. The van der Waals surface area contributed by atoms with Crippen LogP contribution in [0.2, 0.25) is 0 Å². The minimum atomic E-state index is -0.460. The van der Waals surface area contributed by atoms with Crippen molar-refractivity contribution in [2.45, 2.75) is 39.5 Å². The molecule has 0 aliphatic carbocycles. The molecule has 0 unspecified atom stereocenters. The molecule has 3 rings (SSSR count). The van der Waals surface area contributed by atoms with Gasteiger partial charge in [-0.1, -0.05) is 12.1 Å². The summed E-state index contributed by atoms with van der Waals surface area (Å²) in [6, 6.07) is 6.27. The van der Waals surface area contributed by atoms with Crippen molar-refractivity contribution in [3.8, 4) is 10.6 Å². The molecular formula is C16H18N2O2S. The topological polar surface area (TPSA) is 42.4 Å². The number of hydrogen-bond donors (Lipinski definition) is 0. The highest BCUT2D eigenvalue weighted by Gasteiger charge is 2.27. The lowest BCUT2D eigenvalue weighted by atomic mass is 10.1. The number of ether oxygens (including phenoxy) is 1. The van der Waals surface area contributed by atoms with E-state index in [0.717, 1.165) is 10.6 Å². The van der Waals surface area contributed by atoms with Crippen molar-refractivity contribution in [3.63, 3.8) is 0 Å². The molecule has 0 N–H and O–H groups in total. The molecule has 4 nitrogen and oxygen atoms in total. The van der Waals surface area contributed by atoms with E-state index in [0.29, 0.717) is 13.1 Å². The third-order valence-corrected chi connectivity index (χ3v) is 4.08. The number of nitrogens with zero attached hydrogens (tertiary/aromatic N) is 2. The lowest BCUT2D eigenvalue weighted by Crippen LogP contribution is -2.33. The molecule has 1 aliphatic heterocycles. The number of thiazole rings is 1. The standard InChI is InChI=1S/C16H18N2O2S/c1-16(2,3)20-15(19)18-9-12-5-4-11(8-13(12)10-18)14-17-6-7-21-14/h4-8H,9-10H2,1-3H3. The van der Waals surface area contributed by atoms with Crippen molar-refractivity contribution in [3.05, 3.63) is 40.9 Å². The lowest BCUT2D eigenvalue weighted by molar-refractivity contribution is 0.0242. The fraction of sp³-hybridized carbons (Fsp3) is 0.375. The van der Waals surface area contributed by atoms with Gasteiger partial charge in [-0.05, 0) is 38.0 Å². The Morgan fingerprint density at radius 2 is 2.05 bits per heavy atom. The van der Waals surface area contributed by atoms with Gasteiger partial charge in [-0.15, -0.1) is 11.3 Å². The van der Waals surface area contributed by atoms with Gasteiger partial charge in [-0.3, -0.25) is 4.90 Å². The van der Waals surface area contributed by atoms with Gasteiger partial charge in [0.1, 0.15) is 10.6 Å². The molecular weight excluding hydrogens is 284 g/mol. The van der Waals surface area contributed by atoms with Gasteiger partial charge in [0, 0.05) is 30.2 Å². The maximum atomic E-state index is 12.1. The Hall–Kier alpha value is -1.88. The molecule has 0 bridgehead atoms. The minimum Gasteiger partial charge on any atom is -0.444 e. The van der Waals surface area contributed by atoms with Crippen LogP contribution < -0.4 is 0 Å². The van der Waals surface area contributed by atoms with E-state index in [4.69, 9.17) is 4.74 Å². The summed E-state index contributed by atoms with van der Waals surface area (Å²) >= 11 is 1.62. The average molecular weight is 302 g/mol. The SMILES string of the molecule is CC(C)(C)OC(=O)N1Cc2ccc(-c3nccs3)cc2C1. The lowest BCUT2D eigenvalue weighted by Gasteiger charge is -2.24. The zero-order valence-corrected chi connectivity index (χ0v) is 13.2. The normalized spacial score (nSPS) is 14.1. The maximum absolute atomic E-state index is 12.1. The summed E-state index contributed by atoms with van der Waals surface area (Å²) in [5.74, 6) is 0. The summed E-state index contributed by atoms with van der Waals surface area (Å²) in [5.41, 5.74) is 3.00. The third kappa shape index (κ3) is 3.08. The van der Waals surface area contributed by atoms with Crippen LogP contribution in [0.1, 0.15) is 31.9 Å². The van der Waals surface area contributed by atoms with Gasteiger partial charge in [0.25, 0.3) is 0 Å². The Kier molecular flexibility index (Phi) is 3.45. The van der Waals surface area contributed by atoms with Crippen molar-refractivity contribution in [1.82, 2.24) is 9.88 Å². The van der Waals surface area contributed by atoms with E-state index < -0.39 is 5.60 Å². The molecule has 0 atom stereocenters. The quantitative estimate of drug-likeness (QED) is 0.797. The maximum Gasteiger partial charge on any atom is 0.410 e. The molecule has 0 saturated heterocycles. The van der Waals surface area contributed by atoms with Crippen LogP contribution in [-0.2, 0) is 17.8 Å². The molecule has 1 aliphatic rings. The highest BCUT2D eigenvalue weighted by molar-refractivity contribution is 7.13. The van der Waals surface area contributed by atoms with Gasteiger partial charge in [0.15, 0.2) is 0 Å². The first-order valence-corrected chi connectivity index (χ1v) is 7.80. The largest absolute Gasteiger partial charge is 0.444 e. The van der Waals surface area contributed by atoms with E-state index in [1.54, 1.807) is 22.4 Å². The van der Waals surface area contributed by atoms with E-state index in [1.807, 2.05) is 26.2 Å². The summed E-state index contributed by atoms with van der Waals surface area (Å²) in [4.78, 5) is 18.2. The fourth-order valence-corrected chi connectivity index (χ4v) is 2.98. The molecule has 2 heterocycles. The van der Waals surface area contributed by atoms with E-state index in [1.165, 1.54) is 11.1 Å². The van der Waals surface area contributed by atoms with Gasteiger partial charge < -0.3 is 4.74 Å². The number of rotatable bonds is 1. The van der Waals surface area contributed by atoms with Crippen LogP contribution in [0.4, 0.5) is 4.79 Å². The van der Waals surface area contributed by atoms with E-state index in [9.17, 15) is 4.79 Å². The summed E-state index contributed by atoms with van der Waals surface area (Å²) in [7, 11) is 0. The van der Waals surface area contributed by atoms with Crippen LogP contribution in [0, 0.1) is 0 Å². The Labute approximate surface area is 128 Å². The van der Waals surface area contributed by atoms with E-state index >= 15 is 0 Å². The molecule has 0 fully saturated rings. The molecule has 0 radical (unpaired) electrons. The number of hydrogen-bond acceptors (Lipinski definition) is 4. The summed E-state index contributed by atoms with van der Waals surface area (Å²) in [5, 5.41) is 2.98. The van der Waals surface area contributed by atoms with Crippen LogP contribution >= 0.6 is 11.3 Å². The molecule has 0 saturated carbocycles. The Bertz CT molecular complexity index is 659. The second-order valence-electron chi connectivity index (χ2n) is 6.16. The highest BCUT2D eigenvalue weighted by atomic mass is 32.1. The van der Waals surface area contributed by atoms with Crippen LogP contribution in [-0.4, -0.2) is 21.6 Å². The molecule has 2 aromatic rings.